The average Bonchev–Trinajstić information content (AvgIpc) is 2.62. The number of benzene rings is 1. The van der Waals surface area contributed by atoms with Gasteiger partial charge in [-0.25, -0.2) is 4.79 Å². The number of hydrogen-bond donors (Lipinski definition) is 1. The molecule has 1 unspecified atom stereocenters. The molecule has 1 aromatic rings. The van der Waals surface area contributed by atoms with E-state index in [0.717, 1.165) is 12.8 Å². The number of carbonyl (C=O) groups excluding carboxylic acids is 1. The van der Waals surface area contributed by atoms with E-state index in [1.807, 2.05) is 6.92 Å². The van der Waals surface area contributed by atoms with Crippen LogP contribution in [0.5, 0.6) is 0 Å². The van der Waals surface area contributed by atoms with E-state index in [0.29, 0.717) is 17.5 Å². The summed E-state index contributed by atoms with van der Waals surface area (Å²) in [5.74, 6) is -0.451. The molecule has 96 valence electrons. The molecule has 1 heterocycles. The number of nitrogens with zero attached hydrogens (tertiary/aromatic N) is 1. The van der Waals surface area contributed by atoms with Gasteiger partial charge in [-0.15, -0.1) is 0 Å². The Hall–Kier alpha value is -2.11. The summed E-state index contributed by atoms with van der Waals surface area (Å²) in [5, 5.41) is 10.8. The number of anilines is 1. The van der Waals surface area contributed by atoms with Crippen LogP contribution in [-0.4, -0.2) is 10.9 Å². The zero-order chi connectivity index (χ0) is 13.3. The normalized spacial score (nSPS) is 17.4. The first-order valence-electron chi connectivity index (χ1n) is 5.83. The fourth-order valence-corrected chi connectivity index (χ4v) is 2.08. The highest BCUT2D eigenvalue weighted by Crippen LogP contribution is 2.38. The Kier molecular flexibility index (Phi) is 3.18. The molecule has 0 spiro atoms. The number of hydrogen-bond acceptors (Lipinski definition) is 5. The molecule has 1 atom stereocenters. The number of nitro benzene ring substituents is 1. The number of carbonyl (C=O) groups is 1. The van der Waals surface area contributed by atoms with E-state index in [9.17, 15) is 14.9 Å². The van der Waals surface area contributed by atoms with Gasteiger partial charge in [0, 0.05) is 11.6 Å². The molecule has 0 radical (unpaired) electrons. The number of fused-ring (bicyclic) bond motifs is 1. The Balaban J connectivity index is 2.42. The Morgan fingerprint density at radius 3 is 2.83 bits per heavy atom. The van der Waals surface area contributed by atoms with Crippen molar-refractivity contribution >= 4 is 17.3 Å². The molecule has 0 aromatic heterocycles. The number of rotatable bonds is 4. The van der Waals surface area contributed by atoms with Crippen molar-refractivity contribution in [3.05, 3.63) is 33.4 Å². The number of esters is 1. The molecule has 1 aliphatic heterocycles. The Labute approximate surface area is 104 Å². The minimum Gasteiger partial charge on any atom is -0.454 e. The van der Waals surface area contributed by atoms with Gasteiger partial charge < -0.3 is 10.5 Å². The quantitative estimate of drug-likeness (QED) is 0.383. The highest BCUT2D eigenvalue weighted by atomic mass is 16.6. The van der Waals surface area contributed by atoms with Crippen molar-refractivity contribution < 1.29 is 14.5 Å². The van der Waals surface area contributed by atoms with Crippen molar-refractivity contribution in [2.24, 2.45) is 0 Å². The third kappa shape index (κ3) is 2.01. The Morgan fingerprint density at radius 2 is 2.22 bits per heavy atom. The lowest BCUT2D eigenvalue weighted by molar-refractivity contribution is -0.384. The SMILES string of the molecule is CCCCC1OC(=O)c2cc(N)c([N+](=O)[O-])cc21. The zero-order valence-corrected chi connectivity index (χ0v) is 10.0. The van der Waals surface area contributed by atoms with Crippen LogP contribution in [0.1, 0.15) is 48.2 Å². The number of cyclic esters (lactones) is 1. The van der Waals surface area contributed by atoms with E-state index < -0.39 is 10.9 Å². The number of unbranched alkanes of at least 4 members (excludes halogenated alkanes) is 1. The summed E-state index contributed by atoms with van der Waals surface area (Å²) in [7, 11) is 0. The van der Waals surface area contributed by atoms with E-state index in [1.54, 1.807) is 0 Å². The van der Waals surface area contributed by atoms with Gasteiger partial charge in [-0.3, -0.25) is 10.1 Å². The molecular weight excluding hydrogens is 236 g/mol. The van der Waals surface area contributed by atoms with Crippen LogP contribution in [0.2, 0.25) is 0 Å². The van der Waals surface area contributed by atoms with E-state index in [-0.39, 0.29) is 17.5 Å². The van der Waals surface area contributed by atoms with Gasteiger partial charge >= 0.3 is 5.97 Å². The second-order valence-electron chi connectivity index (χ2n) is 4.29. The predicted molar refractivity (Wildman–Crippen MR) is 65.2 cm³/mol. The lowest BCUT2D eigenvalue weighted by Crippen LogP contribution is -2.00. The van der Waals surface area contributed by atoms with Crippen LogP contribution >= 0.6 is 0 Å². The van der Waals surface area contributed by atoms with Gasteiger partial charge in [0.25, 0.3) is 5.69 Å². The van der Waals surface area contributed by atoms with E-state index >= 15 is 0 Å². The number of nitrogens with two attached hydrogens (primary N) is 1. The fraction of sp³-hybridized carbons (Fsp3) is 0.417. The maximum atomic E-state index is 11.6. The number of ether oxygens (including phenoxy) is 1. The molecule has 1 aromatic carbocycles. The molecule has 0 saturated carbocycles. The molecule has 0 bridgehead atoms. The van der Waals surface area contributed by atoms with Gasteiger partial charge in [-0.2, -0.15) is 0 Å². The smallest absolute Gasteiger partial charge is 0.339 e. The third-order valence-corrected chi connectivity index (χ3v) is 3.03. The second kappa shape index (κ2) is 4.64. The third-order valence-electron chi connectivity index (χ3n) is 3.03. The first-order chi connectivity index (χ1) is 8.54. The van der Waals surface area contributed by atoms with Gasteiger partial charge in [0.2, 0.25) is 0 Å². The summed E-state index contributed by atoms with van der Waals surface area (Å²) < 4.78 is 5.21. The highest BCUT2D eigenvalue weighted by molar-refractivity contribution is 5.96. The molecule has 6 heteroatoms. The molecular formula is C12H14N2O4. The first-order valence-corrected chi connectivity index (χ1v) is 5.83. The Bertz CT molecular complexity index is 513. The zero-order valence-electron chi connectivity index (χ0n) is 10.0. The van der Waals surface area contributed by atoms with Gasteiger partial charge in [0.05, 0.1) is 10.5 Å². The van der Waals surface area contributed by atoms with Crippen molar-refractivity contribution in [3.8, 4) is 0 Å². The van der Waals surface area contributed by atoms with Crippen molar-refractivity contribution in [3.63, 3.8) is 0 Å². The molecule has 0 saturated heterocycles. The average molecular weight is 250 g/mol. The molecule has 0 amide bonds. The minimum absolute atomic E-state index is 0.00755. The fourth-order valence-electron chi connectivity index (χ4n) is 2.08. The van der Waals surface area contributed by atoms with Crippen molar-refractivity contribution in [1.82, 2.24) is 0 Å². The van der Waals surface area contributed by atoms with Crippen molar-refractivity contribution in [1.29, 1.82) is 0 Å². The summed E-state index contributed by atoms with van der Waals surface area (Å²) >= 11 is 0. The van der Waals surface area contributed by atoms with Gasteiger partial charge in [-0.1, -0.05) is 13.3 Å². The van der Waals surface area contributed by atoms with Crippen LogP contribution in [0.15, 0.2) is 12.1 Å². The van der Waals surface area contributed by atoms with Crippen LogP contribution < -0.4 is 5.73 Å². The molecule has 6 nitrogen and oxygen atoms in total. The van der Waals surface area contributed by atoms with E-state index in [2.05, 4.69) is 0 Å². The summed E-state index contributed by atoms with van der Waals surface area (Å²) in [6.07, 6.45) is 2.17. The van der Waals surface area contributed by atoms with Crippen molar-refractivity contribution in [2.75, 3.05) is 5.73 Å². The number of nitro groups is 1. The van der Waals surface area contributed by atoms with Crippen LogP contribution in [0, 0.1) is 10.1 Å². The highest BCUT2D eigenvalue weighted by Gasteiger charge is 2.33. The summed E-state index contributed by atoms with van der Waals surface area (Å²) in [6, 6.07) is 2.69. The maximum absolute atomic E-state index is 11.6. The minimum atomic E-state index is -0.546. The number of nitrogen functional groups attached to an aromatic ring is 1. The molecule has 2 rings (SSSR count). The summed E-state index contributed by atoms with van der Waals surface area (Å²) in [6.45, 7) is 2.03. The van der Waals surface area contributed by atoms with Crippen LogP contribution in [0.25, 0.3) is 0 Å². The molecule has 0 aliphatic carbocycles. The molecule has 1 aliphatic rings. The topological polar surface area (TPSA) is 95.5 Å². The standard InChI is InChI=1S/C12H14N2O4/c1-2-3-4-11-7-6-10(14(16)17)9(13)5-8(7)12(15)18-11/h5-6,11H,2-4,13H2,1H3. The van der Waals surface area contributed by atoms with Gasteiger partial charge in [0.15, 0.2) is 0 Å². The predicted octanol–water partition coefficient (Wildman–Crippen LogP) is 2.58. The molecule has 18 heavy (non-hydrogen) atoms. The molecule has 0 fully saturated rings. The van der Waals surface area contributed by atoms with E-state index in [4.69, 9.17) is 10.5 Å². The molecule has 2 N–H and O–H groups in total. The van der Waals surface area contributed by atoms with Crippen LogP contribution in [-0.2, 0) is 4.74 Å². The summed E-state index contributed by atoms with van der Waals surface area (Å²) in [5.41, 5.74) is 6.30. The first kappa shape index (κ1) is 12.3. The van der Waals surface area contributed by atoms with Crippen LogP contribution in [0.3, 0.4) is 0 Å². The van der Waals surface area contributed by atoms with E-state index in [1.165, 1.54) is 12.1 Å². The largest absolute Gasteiger partial charge is 0.454 e. The summed E-state index contributed by atoms with van der Waals surface area (Å²) in [4.78, 5) is 21.9. The van der Waals surface area contributed by atoms with Gasteiger partial charge in [-0.05, 0) is 18.9 Å². The monoisotopic (exact) mass is 250 g/mol. The lowest BCUT2D eigenvalue weighted by atomic mass is 9.99. The van der Waals surface area contributed by atoms with Gasteiger partial charge in [0.1, 0.15) is 11.8 Å². The van der Waals surface area contributed by atoms with Crippen molar-refractivity contribution in [2.45, 2.75) is 32.3 Å². The second-order valence-corrected chi connectivity index (χ2v) is 4.29. The Morgan fingerprint density at radius 1 is 1.50 bits per heavy atom. The van der Waals surface area contributed by atoms with Crippen LogP contribution in [0.4, 0.5) is 11.4 Å². The lowest BCUT2D eigenvalue weighted by Gasteiger charge is -2.09. The maximum Gasteiger partial charge on any atom is 0.339 e.